The average Bonchev–Trinajstić information content (AvgIpc) is 1.93. The van der Waals surface area contributed by atoms with Gasteiger partial charge in [0.1, 0.15) is 0 Å². The Morgan fingerprint density at radius 3 is 3.00 bits per heavy atom. The minimum absolute atomic E-state index is 0.0281. The van der Waals surface area contributed by atoms with Gasteiger partial charge >= 0.3 is 0 Å². The third-order valence-electron chi connectivity index (χ3n) is 1.03. The summed E-state index contributed by atoms with van der Waals surface area (Å²) < 4.78 is 0. The molecular formula is C6H7N3OS. The molecule has 1 rings (SSSR count). The standard InChI is InChI=1S/C6H7N3OS/c7-6(11)9-5-4(10)2-1-3-8-5/h1-3,10H,(H3,7,8,9,11). The molecule has 0 saturated heterocycles. The van der Waals surface area contributed by atoms with E-state index in [1.807, 2.05) is 0 Å². The molecule has 0 amide bonds. The Morgan fingerprint density at radius 1 is 1.73 bits per heavy atom. The lowest BCUT2D eigenvalue weighted by Gasteiger charge is -2.02. The van der Waals surface area contributed by atoms with Gasteiger partial charge in [0.2, 0.25) is 0 Å². The van der Waals surface area contributed by atoms with Crippen LogP contribution in [0.25, 0.3) is 0 Å². The summed E-state index contributed by atoms with van der Waals surface area (Å²) in [7, 11) is 0. The maximum atomic E-state index is 9.12. The van der Waals surface area contributed by atoms with E-state index in [4.69, 9.17) is 10.8 Å². The van der Waals surface area contributed by atoms with Crippen LogP contribution in [-0.2, 0) is 0 Å². The number of rotatable bonds is 1. The topological polar surface area (TPSA) is 71.2 Å². The van der Waals surface area contributed by atoms with E-state index in [9.17, 15) is 0 Å². The first-order chi connectivity index (χ1) is 5.20. The fraction of sp³-hybridized carbons (Fsp3) is 0. The Balaban J connectivity index is 2.86. The van der Waals surface area contributed by atoms with E-state index in [1.54, 1.807) is 6.07 Å². The molecule has 0 aliphatic heterocycles. The van der Waals surface area contributed by atoms with Crippen LogP contribution in [-0.4, -0.2) is 15.2 Å². The Morgan fingerprint density at radius 2 is 2.45 bits per heavy atom. The lowest BCUT2D eigenvalue weighted by atomic mass is 10.4. The molecule has 5 heteroatoms. The van der Waals surface area contributed by atoms with Gasteiger partial charge in [0, 0.05) is 6.20 Å². The van der Waals surface area contributed by atoms with Crippen molar-refractivity contribution in [3.05, 3.63) is 18.3 Å². The molecule has 0 fully saturated rings. The van der Waals surface area contributed by atoms with Crippen molar-refractivity contribution in [3.63, 3.8) is 0 Å². The second-order valence-corrected chi connectivity index (χ2v) is 2.30. The zero-order chi connectivity index (χ0) is 8.27. The number of aromatic hydroxyl groups is 1. The van der Waals surface area contributed by atoms with Gasteiger partial charge in [-0.3, -0.25) is 0 Å². The van der Waals surface area contributed by atoms with Gasteiger partial charge in [0.05, 0.1) is 0 Å². The molecule has 1 aromatic heterocycles. The number of thiocarbonyl (C=S) groups is 1. The second kappa shape index (κ2) is 3.16. The predicted octanol–water partition coefficient (Wildman–Crippen LogP) is 0.443. The van der Waals surface area contributed by atoms with E-state index >= 15 is 0 Å². The molecule has 1 aromatic rings. The molecule has 4 N–H and O–H groups in total. The highest BCUT2D eigenvalue weighted by atomic mass is 32.1. The molecule has 0 atom stereocenters. The quantitative estimate of drug-likeness (QED) is 0.532. The SMILES string of the molecule is NC(=S)Nc1ncccc1O. The Hall–Kier alpha value is -1.36. The third kappa shape index (κ3) is 2.05. The van der Waals surface area contributed by atoms with E-state index < -0.39 is 0 Å². The summed E-state index contributed by atoms with van der Waals surface area (Å²) >= 11 is 4.55. The van der Waals surface area contributed by atoms with E-state index in [2.05, 4.69) is 22.5 Å². The van der Waals surface area contributed by atoms with Gasteiger partial charge in [-0.1, -0.05) is 0 Å². The number of anilines is 1. The smallest absolute Gasteiger partial charge is 0.174 e. The highest BCUT2D eigenvalue weighted by Gasteiger charge is 1.99. The molecule has 0 spiro atoms. The fourth-order valence-electron chi connectivity index (χ4n) is 0.610. The van der Waals surface area contributed by atoms with Crippen LogP contribution in [0.2, 0.25) is 0 Å². The number of nitrogens with zero attached hydrogens (tertiary/aromatic N) is 1. The predicted molar refractivity (Wildman–Crippen MR) is 46.3 cm³/mol. The number of aromatic nitrogens is 1. The van der Waals surface area contributed by atoms with Crippen LogP contribution < -0.4 is 11.1 Å². The van der Waals surface area contributed by atoms with E-state index in [0.717, 1.165) is 0 Å². The van der Waals surface area contributed by atoms with Crippen LogP contribution in [0.1, 0.15) is 0 Å². The monoisotopic (exact) mass is 169 g/mol. The molecule has 0 unspecified atom stereocenters. The second-order valence-electron chi connectivity index (χ2n) is 1.86. The number of pyridine rings is 1. The van der Waals surface area contributed by atoms with Gasteiger partial charge in [-0.05, 0) is 24.4 Å². The summed E-state index contributed by atoms with van der Waals surface area (Å²) in [6.45, 7) is 0. The maximum absolute atomic E-state index is 9.12. The third-order valence-corrected chi connectivity index (χ3v) is 1.13. The highest BCUT2D eigenvalue weighted by molar-refractivity contribution is 7.80. The van der Waals surface area contributed by atoms with Crippen molar-refractivity contribution in [3.8, 4) is 5.75 Å². The normalized spacial score (nSPS) is 9.09. The fourth-order valence-corrected chi connectivity index (χ4v) is 0.706. The summed E-state index contributed by atoms with van der Waals surface area (Å²) in [5.41, 5.74) is 5.16. The van der Waals surface area contributed by atoms with Crippen LogP contribution in [0.5, 0.6) is 5.75 Å². The van der Waals surface area contributed by atoms with E-state index in [0.29, 0.717) is 0 Å². The highest BCUT2D eigenvalue weighted by Crippen LogP contribution is 2.17. The summed E-state index contributed by atoms with van der Waals surface area (Å²) in [6.07, 6.45) is 1.53. The minimum Gasteiger partial charge on any atom is -0.504 e. The van der Waals surface area contributed by atoms with Crippen molar-refractivity contribution in [2.45, 2.75) is 0 Å². The van der Waals surface area contributed by atoms with E-state index in [-0.39, 0.29) is 16.7 Å². The molecule has 0 bridgehead atoms. The van der Waals surface area contributed by atoms with Crippen LogP contribution in [0.15, 0.2) is 18.3 Å². The van der Waals surface area contributed by atoms with Crippen molar-refractivity contribution >= 4 is 23.1 Å². The van der Waals surface area contributed by atoms with Crippen molar-refractivity contribution in [2.24, 2.45) is 5.73 Å². The van der Waals surface area contributed by atoms with Crippen LogP contribution >= 0.6 is 12.2 Å². The Bertz CT molecular complexity index is 276. The van der Waals surface area contributed by atoms with Crippen molar-refractivity contribution in [2.75, 3.05) is 5.32 Å². The van der Waals surface area contributed by atoms with Gasteiger partial charge < -0.3 is 16.2 Å². The van der Waals surface area contributed by atoms with Gasteiger partial charge in [0.15, 0.2) is 16.7 Å². The van der Waals surface area contributed by atoms with Crippen molar-refractivity contribution in [1.82, 2.24) is 4.98 Å². The molecule has 0 radical (unpaired) electrons. The first kappa shape index (κ1) is 7.74. The van der Waals surface area contributed by atoms with Gasteiger partial charge in [-0.2, -0.15) is 0 Å². The summed E-state index contributed by atoms with van der Waals surface area (Å²) in [6, 6.07) is 3.10. The number of hydrogen-bond donors (Lipinski definition) is 3. The van der Waals surface area contributed by atoms with Crippen molar-refractivity contribution in [1.29, 1.82) is 0 Å². The summed E-state index contributed by atoms with van der Waals surface area (Å²) in [4.78, 5) is 3.79. The Kier molecular flexibility index (Phi) is 2.22. The molecule has 1 heterocycles. The zero-order valence-electron chi connectivity index (χ0n) is 5.61. The lowest BCUT2D eigenvalue weighted by Crippen LogP contribution is -2.19. The molecule has 4 nitrogen and oxygen atoms in total. The first-order valence-electron chi connectivity index (χ1n) is 2.90. The maximum Gasteiger partial charge on any atom is 0.174 e. The van der Waals surface area contributed by atoms with Gasteiger partial charge in [-0.25, -0.2) is 4.98 Å². The van der Waals surface area contributed by atoms with Gasteiger partial charge in [-0.15, -0.1) is 0 Å². The van der Waals surface area contributed by atoms with Gasteiger partial charge in [0.25, 0.3) is 0 Å². The van der Waals surface area contributed by atoms with Crippen molar-refractivity contribution < 1.29 is 5.11 Å². The molecule has 0 saturated carbocycles. The summed E-state index contributed by atoms with van der Waals surface area (Å²) in [5.74, 6) is 0.306. The summed E-state index contributed by atoms with van der Waals surface area (Å²) in [5, 5.41) is 11.7. The van der Waals surface area contributed by atoms with Crippen LogP contribution in [0.3, 0.4) is 0 Å². The lowest BCUT2D eigenvalue weighted by molar-refractivity contribution is 0.475. The minimum atomic E-state index is 0.0281. The molecule has 11 heavy (non-hydrogen) atoms. The number of hydrogen-bond acceptors (Lipinski definition) is 3. The number of nitrogens with one attached hydrogen (secondary N) is 1. The van der Waals surface area contributed by atoms with Crippen LogP contribution in [0, 0.1) is 0 Å². The molecule has 58 valence electrons. The average molecular weight is 169 g/mol. The molecular weight excluding hydrogens is 162 g/mol. The van der Waals surface area contributed by atoms with Crippen LogP contribution in [0.4, 0.5) is 5.82 Å². The molecule has 0 aliphatic rings. The molecule has 0 aromatic carbocycles. The Labute approximate surface area is 69.1 Å². The first-order valence-corrected chi connectivity index (χ1v) is 3.31. The number of nitrogens with two attached hydrogens (primary N) is 1. The largest absolute Gasteiger partial charge is 0.504 e. The zero-order valence-corrected chi connectivity index (χ0v) is 6.43. The van der Waals surface area contributed by atoms with E-state index in [1.165, 1.54) is 12.3 Å². The molecule has 0 aliphatic carbocycles.